The fourth-order valence-corrected chi connectivity index (χ4v) is 4.27. The highest BCUT2D eigenvalue weighted by Crippen LogP contribution is 2.49. The molecule has 2 aromatic carbocycles. The highest BCUT2D eigenvalue weighted by atomic mass is 16.5. The number of amides is 2. The summed E-state index contributed by atoms with van der Waals surface area (Å²) in [5.41, 5.74) is 1.01. The molecule has 2 amide bonds. The largest absolute Gasteiger partial charge is 0.497 e. The molecule has 0 radical (unpaired) electrons. The third-order valence-corrected chi connectivity index (χ3v) is 5.64. The second-order valence-corrected chi connectivity index (χ2v) is 7.09. The van der Waals surface area contributed by atoms with Crippen LogP contribution in [0.4, 0.5) is 0 Å². The quantitative estimate of drug-likeness (QED) is 0.811. The van der Waals surface area contributed by atoms with Gasteiger partial charge in [-0.25, -0.2) is 0 Å². The predicted molar refractivity (Wildman–Crippen MR) is 104 cm³/mol. The van der Waals surface area contributed by atoms with Crippen LogP contribution in [0.3, 0.4) is 0 Å². The Kier molecular flexibility index (Phi) is 4.43. The van der Waals surface area contributed by atoms with E-state index in [-0.39, 0.29) is 31.3 Å². The van der Waals surface area contributed by atoms with Crippen LogP contribution in [0.15, 0.2) is 61.2 Å². The van der Waals surface area contributed by atoms with E-state index in [1.54, 1.807) is 30.2 Å². The maximum atomic E-state index is 13.2. The molecule has 1 saturated heterocycles. The van der Waals surface area contributed by atoms with Crippen molar-refractivity contribution in [2.45, 2.75) is 24.7 Å². The molecule has 0 saturated carbocycles. The number of methoxy groups -OCH3 is 1. The van der Waals surface area contributed by atoms with Crippen molar-refractivity contribution in [3.8, 4) is 5.75 Å². The number of ether oxygens (including phenoxy) is 1. The van der Waals surface area contributed by atoms with Gasteiger partial charge in [-0.05, 0) is 29.3 Å². The first-order chi connectivity index (χ1) is 13.5. The van der Waals surface area contributed by atoms with Crippen molar-refractivity contribution < 1.29 is 19.4 Å². The molecule has 0 unspecified atom stereocenters. The normalized spacial score (nSPS) is 23.4. The highest BCUT2D eigenvalue weighted by Gasteiger charge is 2.61. The zero-order valence-electron chi connectivity index (χ0n) is 15.7. The number of rotatable bonds is 5. The van der Waals surface area contributed by atoms with Crippen LogP contribution < -0.4 is 4.74 Å². The number of fused-ring (bicyclic) bond motifs is 2. The number of aliphatic hydroxyl groups excluding tert-OH is 1. The van der Waals surface area contributed by atoms with Gasteiger partial charge < -0.3 is 19.6 Å². The number of nitrogens with zero attached hydrogens (tertiary/aromatic N) is 2. The van der Waals surface area contributed by atoms with Gasteiger partial charge in [0.25, 0.3) is 5.91 Å². The van der Waals surface area contributed by atoms with Crippen LogP contribution in [0.1, 0.15) is 27.9 Å². The average Bonchev–Trinajstić information content (AvgIpc) is 3.10. The number of likely N-dealkylation sites (tertiary alicyclic amines) is 1. The lowest BCUT2D eigenvalue weighted by Crippen LogP contribution is -2.52. The van der Waals surface area contributed by atoms with Gasteiger partial charge in [0.2, 0.25) is 5.91 Å². The van der Waals surface area contributed by atoms with Gasteiger partial charge in [-0.3, -0.25) is 9.59 Å². The average molecular weight is 378 g/mol. The lowest BCUT2D eigenvalue weighted by molar-refractivity contribution is -0.133. The molecule has 1 spiro atoms. The molecule has 2 aromatic rings. The Labute approximate surface area is 163 Å². The third-order valence-electron chi connectivity index (χ3n) is 5.64. The summed E-state index contributed by atoms with van der Waals surface area (Å²) >= 11 is 0. The van der Waals surface area contributed by atoms with Gasteiger partial charge in [0.05, 0.1) is 13.5 Å². The minimum Gasteiger partial charge on any atom is -0.497 e. The SMILES string of the molecule is C=CCN1C(=O)C[C@]2(c3ccccc3C(=O)N2Cc2ccc(OC)cc2)[C@@H]1O. The van der Waals surface area contributed by atoms with Crippen molar-refractivity contribution >= 4 is 11.8 Å². The number of carbonyl (C=O) groups excluding carboxylic acids is 2. The summed E-state index contributed by atoms with van der Waals surface area (Å²) in [7, 11) is 1.60. The van der Waals surface area contributed by atoms with Crippen LogP contribution in [-0.4, -0.2) is 46.6 Å². The van der Waals surface area contributed by atoms with E-state index in [4.69, 9.17) is 4.74 Å². The van der Waals surface area contributed by atoms with E-state index < -0.39 is 11.8 Å². The van der Waals surface area contributed by atoms with Gasteiger partial charge in [-0.2, -0.15) is 0 Å². The first kappa shape index (κ1) is 18.3. The van der Waals surface area contributed by atoms with Crippen LogP contribution >= 0.6 is 0 Å². The van der Waals surface area contributed by atoms with E-state index in [1.807, 2.05) is 36.4 Å². The van der Waals surface area contributed by atoms with E-state index in [2.05, 4.69) is 6.58 Å². The molecule has 2 atom stereocenters. The minimum absolute atomic E-state index is 0.0426. The zero-order chi connectivity index (χ0) is 19.9. The van der Waals surface area contributed by atoms with Crippen molar-refractivity contribution in [1.29, 1.82) is 0 Å². The molecule has 0 aromatic heterocycles. The Bertz CT molecular complexity index is 940. The lowest BCUT2D eigenvalue weighted by Gasteiger charge is -2.39. The van der Waals surface area contributed by atoms with Crippen molar-refractivity contribution in [1.82, 2.24) is 9.80 Å². The molecule has 1 N–H and O–H groups in total. The maximum Gasteiger partial charge on any atom is 0.255 e. The van der Waals surface area contributed by atoms with Crippen molar-refractivity contribution in [3.63, 3.8) is 0 Å². The number of hydrogen-bond donors (Lipinski definition) is 1. The fourth-order valence-electron chi connectivity index (χ4n) is 4.27. The zero-order valence-corrected chi connectivity index (χ0v) is 15.7. The van der Waals surface area contributed by atoms with Gasteiger partial charge in [0.1, 0.15) is 11.3 Å². The molecule has 0 aliphatic carbocycles. The van der Waals surface area contributed by atoms with Crippen LogP contribution in [0, 0.1) is 0 Å². The Morgan fingerprint density at radius 1 is 1.21 bits per heavy atom. The summed E-state index contributed by atoms with van der Waals surface area (Å²) in [5, 5.41) is 11.2. The van der Waals surface area contributed by atoms with E-state index >= 15 is 0 Å². The summed E-state index contributed by atoms with van der Waals surface area (Å²) in [6, 6.07) is 14.6. The number of carbonyl (C=O) groups is 2. The number of aliphatic hydroxyl groups is 1. The topological polar surface area (TPSA) is 70.1 Å². The van der Waals surface area contributed by atoms with Gasteiger partial charge in [-0.1, -0.05) is 36.4 Å². The highest BCUT2D eigenvalue weighted by molar-refractivity contribution is 6.01. The van der Waals surface area contributed by atoms with Gasteiger partial charge >= 0.3 is 0 Å². The summed E-state index contributed by atoms with van der Waals surface area (Å²) in [6.07, 6.45) is 0.487. The van der Waals surface area contributed by atoms with Crippen molar-refractivity contribution in [2.24, 2.45) is 0 Å². The molecule has 6 heteroatoms. The van der Waals surface area contributed by atoms with E-state index in [0.29, 0.717) is 11.1 Å². The summed E-state index contributed by atoms with van der Waals surface area (Å²) in [6.45, 7) is 4.19. The second-order valence-electron chi connectivity index (χ2n) is 7.09. The second kappa shape index (κ2) is 6.80. The van der Waals surface area contributed by atoms with E-state index in [1.165, 1.54) is 4.90 Å². The van der Waals surface area contributed by atoms with Crippen molar-refractivity contribution in [3.05, 3.63) is 77.9 Å². The van der Waals surface area contributed by atoms with Crippen LogP contribution in [0.2, 0.25) is 0 Å². The fraction of sp³-hybridized carbons (Fsp3) is 0.273. The van der Waals surface area contributed by atoms with Crippen molar-refractivity contribution in [2.75, 3.05) is 13.7 Å². The molecule has 1 fully saturated rings. The smallest absolute Gasteiger partial charge is 0.255 e. The molecule has 2 aliphatic heterocycles. The Hall–Kier alpha value is -3.12. The molecule has 144 valence electrons. The summed E-state index contributed by atoms with van der Waals surface area (Å²) in [5.74, 6) is 0.345. The Morgan fingerprint density at radius 2 is 1.93 bits per heavy atom. The van der Waals surface area contributed by atoms with Gasteiger partial charge in [-0.15, -0.1) is 6.58 Å². The molecule has 4 rings (SSSR count). The molecule has 2 heterocycles. The number of benzene rings is 2. The first-order valence-corrected chi connectivity index (χ1v) is 9.15. The molecule has 0 bridgehead atoms. The Morgan fingerprint density at radius 3 is 2.61 bits per heavy atom. The monoisotopic (exact) mass is 378 g/mol. The first-order valence-electron chi connectivity index (χ1n) is 9.15. The molecule has 6 nitrogen and oxygen atoms in total. The van der Waals surface area contributed by atoms with Gasteiger partial charge in [0, 0.05) is 18.7 Å². The summed E-state index contributed by atoms with van der Waals surface area (Å²) < 4.78 is 5.20. The van der Waals surface area contributed by atoms with Gasteiger partial charge in [0.15, 0.2) is 6.23 Å². The third kappa shape index (κ3) is 2.52. The van der Waals surface area contributed by atoms with Crippen LogP contribution in [-0.2, 0) is 16.9 Å². The Balaban J connectivity index is 1.79. The van der Waals surface area contributed by atoms with Crippen LogP contribution in [0.25, 0.3) is 0 Å². The molecular weight excluding hydrogens is 356 g/mol. The van der Waals surface area contributed by atoms with E-state index in [0.717, 1.165) is 11.3 Å². The summed E-state index contributed by atoms with van der Waals surface area (Å²) in [4.78, 5) is 28.9. The maximum absolute atomic E-state index is 13.2. The molecule has 2 aliphatic rings. The predicted octanol–water partition coefficient (Wildman–Crippen LogP) is 2.28. The number of hydrogen-bond acceptors (Lipinski definition) is 4. The van der Waals surface area contributed by atoms with Crippen LogP contribution in [0.5, 0.6) is 5.75 Å². The molecular formula is C22H22N2O4. The lowest BCUT2D eigenvalue weighted by atomic mass is 9.86. The standard InChI is InChI=1S/C22H22N2O4/c1-3-12-23-19(25)13-22(21(23)27)18-7-5-4-6-17(18)20(26)24(22)14-15-8-10-16(28-2)11-9-15/h3-11,21,27H,1,12-14H2,2H3/t21-,22-/m0/s1. The van der Waals surface area contributed by atoms with E-state index in [9.17, 15) is 14.7 Å². The minimum atomic E-state index is -1.14. The molecule has 28 heavy (non-hydrogen) atoms.